The van der Waals surface area contributed by atoms with E-state index in [0.29, 0.717) is 11.6 Å². The summed E-state index contributed by atoms with van der Waals surface area (Å²) in [5.74, 6) is 2.78. The quantitative estimate of drug-likeness (QED) is 0.574. The van der Waals surface area contributed by atoms with E-state index in [1.807, 2.05) is 0 Å². The van der Waals surface area contributed by atoms with Gasteiger partial charge in [-0.2, -0.15) is 0 Å². The Kier molecular flexibility index (Phi) is 5.09. The zero-order valence-corrected chi connectivity index (χ0v) is 11.9. The van der Waals surface area contributed by atoms with Crippen molar-refractivity contribution in [2.45, 2.75) is 69.4 Å². The van der Waals surface area contributed by atoms with Gasteiger partial charge in [0.1, 0.15) is 0 Å². The molecule has 0 spiro atoms. The van der Waals surface area contributed by atoms with Gasteiger partial charge in [0.2, 0.25) is 0 Å². The molecule has 0 radical (unpaired) electrons. The van der Waals surface area contributed by atoms with E-state index < -0.39 is 0 Å². The number of unbranched alkanes of at least 4 members (excludes halogenated alkanes) is 1. The number of hydrogen-bond donors (Lipinski definition) is 1. The van der Waals surface area contributed by atoms with Crippen LogP contribution < -0.4 is 5.32 Å². The van der Waals surface area contributed by atoms with Crippen LogP contribution in [0, 0.1) is 12.3 Å². The number of nitrogens with zero attached hydrogens (tertiary/aromatic N) is 1. The number of nitrogens with one attached hydrogen (secondary N) is 1. The predicted molar refractivity (Wildman–Crippen MR) is 77.5 cm³/mol. The van der Waals surface area contributed by atoms with Crippen molar-refractivity contribution >= 4 is 0 Å². The molecule has 1 aliphatic heterocycles. The third kappa shape index (κ3) is 2.73. The van der Waals surface area contributed by atoms with Gasteiger partial charge in [0.15, 0.2) is 0 Å². The lowest BCUT2D eigenvalue weighted by atomic mass is 9.83. The van der Waals surface area contributed by atoms with Gasteiger partial charge in [0.25, 0.3) is 0 Å². The highest BCUT2D eigenvalue weighted by atomic mass is 15.2. The summed E-state index contributed by atoms with van der Waals surface area (Å²) in [6, 6.07) is 0.631. The van der Waals surface area contributed by atoms with Gasteiger partial charge in [-0.05, 0) is 58.7 Å². The first-order valence-electron chi connectivity index (χ1n) is 7.69. The maximum absolute atomic E-state index is 5.38. The summed E-state index contributed by atoms with van der Waals surface area (Å²) in [4.78, 5) is 2.79. The molecule has 2 heteroatoms. The van der Waals surface area contributed by atoms with Gasteiger partial charge in [-0.25, -0.2) is 0 Å². The molecule has 18 heavy (non-hydrogen) atoms. The summed E-state index contributed by atoms with van der Waals surface area (Å²) in [5, 5.41) is 3.61. The summed E-state index contributed by atoms with van der Waals surface area (Å²) in [6.45, 7) is 2.63. The van der Waals surface area contributed by atoms with Crippen molar-refractivity contribution in [1.82, 2.24) is 10.2 Å². The van der Waals surface area contributed by atoms with Crippen LogP contribution >= 0.6 is 0 Å². The molecule has 0 bridgehead atoms. The van der Waals surface area contributed by atoms with Crippen LogP contribution in [0.3, 0.4) is 0 Å². The Morgan fingerprint density at radius 2 is 1.89 bits per heavy atom. The Morgan fingerprint density at radius 3 is 2.44 bits per heavy atom. The first kappa shape index (κ1) is 13.9. The SMILES string of the molecule is C#CCCCC(NC)C1(N2CCCC2)CCCC1. The summed E-state index contributed by atoms with van der Waals surface area (Å²) in [7, 11) is 2.14. The molecule has 1 heterocycles. The Bertz CT molecular complexity index is 280. The fourth-order valence-electron chi connectivity index (χ4n) is 4.12. The molecule has 2 rings (SSSR count). The van der Waals surface area contributed by atoms with Crippen LogP contribution in [0.5, 0.6) is 0 Å². The summed E-state index contributed by atoms with van der Waals surface area (Å²) in [6.07, 6.45) is 17.1. The Hall–Kier alpha value is -0.520. The average molecular weight is 248 g/mol. The zero-order valence-electron chi connectivity index (χ0n) is 11.9. The summed E-state index contributed by atoms with van der Waals surface area (Å²) < 4.78 is 0. The summed E-state index contributed by atoms with van der Waals surface area (Å²) in [5.41, 5.74) is 0.444. The van der Waals surface area contributed by atoms with Crippen molar-refractivity contribution in [3.05, 3.63) is 0 Å². The average Bonchev–Trinajstić information content (AvgIpc) is 3.05. The third-order valence-electron chi connectivity index (χ3n) is 5.02. The molecule has 2 aliphatic rings. The molecule has 0 aromatic carbocycles. The van der Waals surface area contributed by atoms with Crippen molar-refractivity contribution in [1.29, 1.82) is 0 Å². The van der Waals surface area contributed by atoms with E-state index in [4.69, 9.17) is 6.42 Å². The number of likely N-dealkylation sites (tertiary alicyclic amines) is 1. The van der Waals surface area contributed by atoms with Crippen LogP contribution in [-0.4, -0.2) is 36.6 Å². The van der Waals surface area contributed by atoms with Crippen LogP contribution in [0.4, 0.5) is 0 Å². The standard InChI is InChI=1S/C16H28N2/c1-3-4-5-10-15(17-2)16(11-6-7-12-16)18-13-8-9-14-18/h1,15,17H,4-14H2,2H3. The number of rotatable bonds is 6. The fraction of sp³-hybridized carbons (Fsp3) is 0.875. The van der Waals surface area contributed by atoms with E-state index in [2.05, 4.69) is 23.2 Å². The van der Waals surface area contributed by atoms with Crippen LogP contribution in [0.25, 0.3) is 0 Å². The molecule has 1 N–H and O–H groups in total. The second kappa shape index (κ2) is 6.59. The zero-order chi connectivity index (χ0) is 12.8. The van der Waals surface area contributed by atoms with Crippen LogP contribution in [0.1, 0.15) is 57.8 Å². The van der Waals surface area contributed by atoms with E-state index in [9.17, 15) is 0 Å². The molecule has 1 aliphatic carbocycles. The van der Waals surface area contributed by atoms with Crippen molar-refractivity contribution in [2.24, 2.45) is 0 Å². The third-order valence-corrected chi connectivity index (χ3v) is 5.02. The Balaban J connectivity index is 2.04. The van der Waals surface area contributed by atoms with Crippen molar-refractivity contribution in [3.8, 4) is 12.3 Å². The first-order valence-corrected chi connectivity index (χ1v) is 7.69. The van der Waals surface area contributed by atoms with Gasteiger partial charge in [-0.1, -0.05) is 12.8 Å². The molecular weight excluding hydrogens is 220 g/mol. The minimum absolute atomic E-state index is 0.444. The van der Waals surface area contributed by atoms with Crippen molar-refractivity contribution in [2.75, 3.05) is 20.1 Å². The van der Waals surface area contributed by atoms with Gasteiger partial charge >= 0.3 is 0 Å². The second-order valence-electron chi connectivity index (χ2n) is 5.94. The van der Waals surface area contributed by atoms with Gasteiger partial charge in [-0.3, -0.25) is 4.90 Å². The number of hydrogen-bond acceptors (Lipinski definition) is 2. The lowest BCUT2D eigenvalue weighted by Gasteiger charge is -2.45. The molecule has 2 fully saturated rings. The highest BCUT2D eigenvalue weighted by molar-refractivity contribution is 5.04. The molecule has 1 atom stereocenters. The van der Waals surface area contributed by atoms with Crippen LogP contribution in [-0.2, 0) is 0 Å². The molecule has 0 aromatic heterocycles. The summed E-state index contributed by atoms with van der Waals surface area (Å²) >= 11 is 0. The molecule has 2 nitrogen and oxygen atoms in total. The number of terminal acetylenes is 1. The van der Waals surface area contributed by atoms with Gasteiger partial charge < -0.3 is 5.32 Å². The molecule has 1 saturated heterocycles. The normalized spacial score (nSPS) is 25.1. The van der Waals surface area contributed by atoms with Gasteiger partial charge in [0, 0.05) is 18.0 Å². The lowest BCUT2D eigenvalue weighted by Crippen LogP contribution is -2.58. The van der Waals surface area contributed by atoms with Gasteiger partial charge in [-0.15, -0.1) is 12.3 Å². The van der Waals surface area contributed by atoms with E-state index in [1.165, 1.54) is 58.0 Å². The van der Waals surface area contributed by atoms with E-state index in [-0.39, 0.29) is 0 Å². The topological polar surface area (TPSA) is 15.3 Å². The fourth-order valence-corrected chi connectivity index (χ4v) is 4.12. The van der Waals surface area contributed by atoms with Gasteiger partial charge in [0.05, 0.1) is 0 Å². The molecule has 0 aromatic rings. The molecule has 1 unspecified atom stereocenters. The molecule has 1 saturated carbocycles. The Labute approximate surface area is 113 Å². The smallest absolute Gasteiger partial charge is 0.0362 e. The van der Waals surface area contributed by atoms with Crippen LogP contribution in [0.2, 0.25) is 0 Å². The monoisotopic (exact) mass is 248 g/mol. The second-order valence-corrected chi connectivity index (χ2v) is 5.94. The van der Waals surface area contributed by atoms with Crippen molar-refractivity contribution in [3.63, 3.8) is 0 Å². The van der Waals surface area contributed by atoms with Crippen molar-refractivity contribution < 1.29 is 0 Å². The minimum atomic E-state index is 0.444. The lowest BCUT2D eigenvalue weighted by molar-refractivity contribution is 0.0755. The Morgan fingerprint density at radius 1 is 1.22 bits per heavy atom. The first-order chi connectivity index (χ1) is 8.83. The predicted octanol–water partition coefficient (Wildman–Crippen LogP) is 2.79. The van der Waals surface area contributed by atoms with Crippen LogP contribution in [0.15, 0.2) is 0 Å². The maximum Gasteiger partial charge on any atom is 0.0362 e. The minimum Gasteiger partial charge on any atom is -0.315 e. The maximum atomic E-state index is 5.38. The molecule has 0 amide bonds. The van der Waals surface area contributed by atoms with E-state index in [0.717, 1.165) is 12.8 Å². The molecular formula is C16H28N2. The van der Waals surface area contributed by atoms with E-state index >= 15 is 0 Å². The highest BCUT2D eigenvalue weighted by Gasteiger charge is 2.45. The number of likely N-dealkylation sites (N-methyl/N-ethyl adjacent to an activating group) is 1. The largest absolute Gasteiger partial charge is 0.315 e. The highest BCUT2D eigenvalue weighted by Crippen LogP contribution is 2.41. The molecule has 102 valence electrons. The van der Waals surface area contributed by atoms with E-state index in [1.54, 1.807) is 0 Å².